The van der Waals surface area contributed by atoms with Crippen molar-refractivity contribution in [2.45, 2.75) is 11.8 Å². The second-order valence-corrected chi connectivity index (χ2v) is 3.36. The van der Waals surface area contributed by atoms with E-state index >= 15 is 0 Å². The predicted octanol–water partition coefficient (Wildman–Crippen LogP) is 1.61. The van der Waals surface area contributed by atoms with Gasteiger partial charge in [0.05, 0.1) is 0 Å². The minimum Gasteiger partial charge on any atom is -0.396 e. The van der Waals surface area contributed by atoms with E-state index < -0.39 is 5.38 Å². The number of aliphatic hydroxyl groups is 1. The number of carbonyl (C=O) groups excluding carboxylic acids is 1. The molecule has 1 atom stereocenters. The first-order valence-corrected chi connectivity index (χ1v) is 4.78. The van der Waals surface area contributed by atoms with Crippen LogP contribution < -0.4 is 5.32 Å². The fourth-order valence-corrected chi connectivity index (χ4v) is 1.14. The van der Waals surface area contributed by atoms with Gasteiger partial charge in [0.25, 0.3) is 0 Å². The molecule has 14 heavy (non-hydrogen) atoms. The van der Waals surface area contributed by atoms with Crippen molar-refractivity contribution in [1.29, 1.82) is 0 Å². The Labute approximate surface area is 87.7 Å². The highest BCUT2D eigenvalue weighted by molar-refractivity contribution is 6.32. The summed E-state index contributed by atoms with van der Waals surface area (Å²) in [5.41, 5.74) is 0.709. The summed E-state index contributed by atoms with van der Waals surface area (Å²) in [6.07, 6.45) is 0.264. The number of alkyl halides is 1. The van der Waals surface area contributed by atoms with Gasteiger partial charge < -0.3 is 10.4 Å². The molecular weight excluding hydrogens is 202 g/mol. The quantitative estimate of drug-likeness (QED) is 0.747. The van der Waals surface area contributed by atoms with Crippen LogP contribution in [0.15, 0.2) is 30.3 Å². The van der Waals surface area contributed by atoms with E-state index in [4.69, 9.17) is 16.7 Å². The summed E-state index contributed by atoms with van der Waals surface area (Å²) >= 11 is 5.71. The Hall–Kier alpha value is -1.06. The second-order valence-electron chi connectivity index (χ2n) is 2.84. The van der Waals surface area contributed by atoms with Gasteiger partial charge in [-0.3, -0.25) is 4.79 Å². The van der Waals surface area contributed by atoms with Crippen LogP contribution in [0.4, 0.5) is 5.69 Å². The molecule has 0 fully saturated rings. The van der Waals surface area contributed by atoms with Gasteiger partial charge in [0.1, 0.15) is 5.38 Å². The van der Waals surface area contributed by atoms with Crippen molar-refractivity contribution >= 4 is 23.2 Å². The number of hydrogen-bond donors (Lipinski definition) is 2. The van der Waals surface area contributed by atoms with E-state index in [1.165, 1.54) is 0 Å². The zero-order valence-electron chi connectivity index (χ0n) is 7.61. The van der Waals surface area contributed by atoms with E-state index in [2.05, 4.69) is 5.32 Å². The molecule has 1 unspecified atom stereocenters. The highest BCUT2D eigenvalue weighted by Crippen LogP contribution is 2.09. The topological polar surface area (TPSA) is 49.3 Å². The fourth-order valence-electron chi connectivity index (χ4n) is 0.986. The van der Waals surface area contributed by atoms with Crippen molar-refractivity contribution in [2.24, 2.45) is 0 Å². The molecule has 0 saturated carbocycles. The Balaban J connectivity index is 2.49. The zero-order chi connectivity index (χ0) is 10.4. The number of aliphatic hydroxyl groups excluding tert-OH is 1. The molecule has 0 heterocycles. The maximum Gasteiger partial charge on any atom is 0.242 e. The van der Waals surface area contributed by atoms with Crippen LogP contribution in [-0.2, 0) is 4.79 Å². The molecule has 0 bridgehead atoms. The number of hydrogen-bond acceptors (Lipinski definition) is 2. The maximum absolute atomic E-state index is 11.3. The van der Waals surface area contributed by atoms with E-state index in [1.54, 1.807) is 12.1 Å². The van der Waals surface area contributed by atoms with Crippen molar-refractivity contribution in [2.75, 3.05) is 11.9 Å². The molecule has 1 aromatic rings. The molecule has 0 spiro atoms. The van der Waals surface area contributed by atoms with Crippen LogP contribution in [0.1, 0.15) is 6.42 Å². The van der Waals surface area contributed by atoms with Crippen LogP contribution in [-0.4, -0.2) is 23.0 Å². The average Bonchev–Trinajstić information content (AvgIpc) is 2.19. The summed E-state index contributed by atoms with van der Waals surface area (Å²) in [5, 5.41) is 10.6. The first-order valence-electron chi connectivity index (χ1n) is 4.35. The maximum atomic E-state index is 11.3. The van der Waals surface area contributed by atoms with Gasteiger partial charge in [-0.2, -0.15) is 0 Å². The Morgan fingerprint density at radius 3 is 2.64 bits per heavy atom. The lowest BCUT2D eigenvalue weighted by molar-refractivity contribution is -0.116. The van der Waals surface area contributed by atoms with Crippen molar-refractivity contribution in [3.63, 3.8) is 0 Å². The van der Waals surface area contributed by atoms with E-state index in [0.717, 1.165) is 0 Å². The summed E-state index contributed by atoms with van der Waals surface area (Å²) in [6, 6.07) is 9.07. The van der Waals surface area contributed by atoms with Crippen LogP contribution in [0.2, 0.25) is 0 Å². The summed E-state index contributed by atoms with van der Waals surface area (Å²) in [5.74, 6) is -0.285. The van der Waals surface area contributed by atoms with Crippen LogP contribution in [0.25, 0.3) is 0 Å². The Kier molecular flexibility index (Phi) is 4.43. The summed E-state index contributed by atoms with van der Waals surface area (Å²) in [4.78, 5) is 11.3. The molecule has 0 radical (unpaired) electrons. The molecule has 1 amide bonds. The monoisotopic (exact) mass is 213 g/mol. The highest BCUT2D eigenvalue weighted by Gasteiger charge is 2.13. The molecular formula is C10H12ClNO2. The SMILES string of the molecule is O=C(Nc1ccccc1)C(Cl)CCO. The lowest BCUT2D eigenvalue weighted by Gasteiger charge is -2.08. The minimum atomic E-state index is -0.680. The van der Waals surface area contributed by atoms with Gasteiger partial charge in [-0.25, -0.2) is 0 Å². The first-order chi connectivity index (χ1) is 6.74. The second kappa shape index (κ2) is 5.62. The van der Waals surface area contributed by atoms with Gasteiger partial charge in [-0.05, 0) is 18.6 Å². The van der Waals surface area contributed by atoms with E-state index in [0.29, 0.717) is 5.69 Å². The number of para-hydroxylation sites is 1. The van der Waals surface area contributed by atoms with Crippen molar-refractivity contribution in [3.8, 4) is 0 Å². The number of anilines is 1. The molecule has 3 nitrogen and oxygen atoms in total. The molecule has 0 aliphatic carbocycles. The third-order valence-electron chi connectivity index (χ3n) is 1.71. The number of rotatable bonds is 4. The smallest absolute Gasteiger partial charge is 0.242 e. The highest BCUT2D eigenvalue weighted by atomic mass is 35.5. The van der Waals surface area contributed by atoms with E-state index in [1.807, 2.05) is 18.2 Å². The van der Waals surface area contributed by atoms with Crippen LogP contribution in [0.3, 0.4) is 0 Å². The third-order valence-corrected chi connectivity index (χ3v) is 2.12. The van der Waals surface area contributed by atoms with Gasteiger partial charge in [0.2, 0.25) is 5.91 Å². The van der Waals surface area contributed by atoms with Gasteiger partial charge >= 0.3 is 0 Å². The van der Waals surface area contributed by atoms with Crippen LogP contribution in [0.5, 0.6) is 0 Å². The number of nitrogens with one attached hydrogen (secondary N) is 1. The van der Waals surface area contributed by atoms with E-state index in [9.17, 15) is 4.79 Å². The molecule has 0 aromatic heterocycles. The molecule has 1 rings (SSSR count). The Morgan fingerprint density at radius 1 is 1.43 bits per heavy atom. The molecule has 2 N–H and O–H groups in total. The molecule has 0 aliphatic heterocycles. The largest absolute Gasteiger partial charge is 0.396 e. The normalized spacial score (nSPS) is 12.1. The molecule has 0 aliphatic rings. The predicted molar refractivity (Wildman–Crippen MR) is 56.4 cm³/mol. The van der Waals surface area contributed by atoms with Gasteiger partial charge in [-0.1, -0.05) is 18.2 Å². The number of carbonyl (C=O) groups is 1. The van der Waals surface area contributed by atoms with Gasteiger partial charge in [-0.15, -0.1) is 11.6 Å². The van der Waals surface area contributed by atoms with Crippen molar-refractivity contribution in [3.05, 3.63) is 30.3 Å². The molecule has 4 heteroatoms. The van der Waals surface area contributed by atoms with Crippen molar-refractivity contribution in [1.82, 2.24) is 0 Å². The third kappa shape index (κ3) is 3.36. The van der Waals surface area contributed by atoms with Gasteiger partial charge in [0.15, 0.2) is 0 Å². The molecule has 0 saturated heterocycles. The van der Waals surface area contributed by atoms with Crippen LogP contribution >= 0.6 is 11.6 Å². The number of halogens is 1. The average molecular weight is 214 g/mol. The lowest BCUT2D eigenvalue weighted by Crippen LogP contribution is -2.23. The summed E-state index contributed by atoms with van der Waals surface area (Å²) in [7, 11) is 0. The Bertz CT molecular complexity index is 289. The lowest BCUT2D eigenvalue weighted by atomic mass is 10.2. The number of benzene rings is 1. The van der Waals surface area contributed by atoms with E-state index in [-0.39, 0.29) is 18.9 Å². The minimum absolute atomic E-state index is 0.0869. The first kappa shape index (κ1) is 11.0. The zero-order valence-corrected chi connectivity index (χ0v) is 8.37. The number of amides is 1. The summed E-state index contributed by atoms with van der Waals surface area (Å²) in [6.45, 7) is -0.0869. The van der Waals surface area contributed by atoms with Crippen LogP contribution in [0, 0.1) is 0 Å². The van der Waals surface area contributed by atoms with Crippen molar-refractivity contribution < 1.29 is 9.90 Å². The molecule has 1 aromatic carbocycles. The summed E-state index contributed by atoms with van der Waals surface area (Å²) < 4.78 is 0. The standard InChI is InChI=1S/C10H12ClNO2/c11-9(6-7-13)10(14)12-8-4-2-1-3-5-8/h1-5,9,13H,6-7H2,(H,12,14). The van der Waals surface area contributed by atoms with Gasteiger partial charge in [0, 0.05) is 12.3 Å². The Morgan fingerprint density at radius 2 is 2.07 bits per heavy atom. The molecule has 76 valence electrons. The fraction of sp³-hybridized carbons (Fsp3) is 0.300.